The van der Waals surface area contributed by atoms with Crippen molar-refractivity contribution in [3.05, 3.63) is 35.6 Å². The molecule has 0 aromatic heterocycles. The molecule has 4 heteroatoms. The SMILES string of the molecule is CC(C)CC(=O)NC[C@@H](O)c1ccccc1F. The van der Waals surface area contributed by atoms with Crippen LogP contribution < -0.4 is 5.32 Å². The molecule has 0 saturated carbocycles. The van der Waals surface area contributed by atoms with E-state index in [1.54, 1.807) is 12.1 Å². The molecule has 1 aromatic rings. The van der Waals surface area contributed by atoms with E-state index in [1.807, 2.05) is 13.8 Å². The fraction of sp³-hybridized carbons (Fsp3) is 0.462. The maximum atomic E-state index is 13.3. The second-order valence-electron chi connectivity index (χ2n) is 4.44. The molecule has 0 aliphatic rings. The first-order chi connectivity index (χ1) is 8.00. The number of carbonyl (C=O) groups excluding carboxylic acids is 1. The Bertz CT molecular complexity index is 379. The molecule has 0 heterocycles. The van der Waals surface area contributed by atoms with Gasteiger partial charge < -0.3 is 10.4 Å². The highest BCUT2D eigenvalue weighted by atomic mass is 19.1. The summed E-state index contributed by atoms with van der Waals surface area (Å²) in [7, 11) is 0. The minimum atomic E-state index is -1.01. The molecule has 0 unspecified atom stereocenters. The lowest BCUT2D eigenvalue weighted by Crippen LogP contribution is -2.29. The van der Waals surface area contributed by atoms with Crippen molar-refractivity contribution in [2.75, 3.05) is 6.54 Å². The Labute approximate surface area is 101 Å². The van der Waals surface area contributed by atoms with Crippen LogP contribution in [-0.2, 0) is 4.79 Å². The molecule has 0 spiro atoms. The molecule has 1 rings (SSSR count). The molecule has 1 atom stereocenters. The summed E-state index contributed by atoms with van der Waals surface area (Å²) in [6, 6.07) is 6.00. The van der Waals surface area contributed by atoms with Crippen LogP contribution in [0.2, 0.25) is 0 Å². The highest BCUT2D eigenvalue weighted by molar-refractivity contribution is 5.76. The van der Waals surface area contributed by atoms with Crippen molar-refractivity contribution in [2.45, 2.75) is 26.4 Å². The molecule has 0 saturated heterocycles. The third-order valence-corrected chi connectivity index (χ3v) is 2.35. The Morgan fingerprint density at radius 1 is 1.41 bits per heavy atom. The molecular weight excluding hydrogens is 221 g/mol. The Hall–Kier alpha value is -1.42. The number of aliphatic hydroxyl groups excluding tert-OH is 1. The Morgan fingerprint density at radius 3 is 2.65 bits per heavy atom. The number of carbonyl (C=O) groups is 1. The van der Waals surface area contributed by atoms with Gasteiger partial charge in [-0.1, -0.05) is 32.0 Å². The summed E-state index contributed by atoms with van der Waals surface area (Å²) >= 11 is 0. The summed E-state index contributed by atoms with van der Waals surface area (Å²) in [5.41, 5.74) is 0.206. The first-order valence-electron chi connectivity index (χ1n) is 5.70. The smallest absolute Gasteiger partial charge is 0.220 e. The molecule has 1 aromatic carbocycles. The van der Waals surface area contributed by atoms with Crippen LogP contribution in [0.1, 0.15) is 31.9 Å². The van der Waals surface area contributed by atoms with Gasteiger partial charge in [0.15, 0.2) is 0 Å². The van der Waals surface area contributed by atoms with E-state index in [4.69, 9.17) is 0 Å². The van der Waals surface area contributed by atoms with Gasteiger partial charge in [-0.25, -0.2) is 4.39 Å². The van der Waals surface area contributed by atoms with Gasteiger partial charge >= 0.3 is 0 Å². The average molecular weight is 239 g/mol. The van der Waals surface area contributed by atoms with E-state index in [0.717, 1.165) is 0 Å². The van der Waals surface area contributed by atoms with Crippen LogP contribution in [0.3, 0.4) is 0 Å². The molecular formula is C13H18FNO2. The quantitative estimate of drug-likeness (QED) is 0.826. The zero-order valence-electron chi connectivity index (χ0n) is 10.1. The Morgan fingerprint density at radius 2 is 2.06 bits per heavy atom. The topological polar surface area (TPSA) is 49.3 Å². The number of halogens is 1. The monoisotopic (exact) mass is 239 g/mol. The molecule has 2 N–H and O–H groups in total. The molecule has 0 fully saturated rings. The summed E-state index contributed by atoms with van der Waals surface area (Å²) in [4.78, 5) is 11.4. The third-order valence-electron chi connectivity index (χ3n) is 2.35. The van der Waals surface area contributed by atoms with Crippen molar-refractivity contribution >= 4 is 5.91 Å². The molecule has 0 bridgehead atoms. The Kier molecular flexibility index (Phi) is 5.10. The van der Waals surface area contributed by atoms with E-state index in [2.05, 4.69) is 5.32 Å². The lowest BCUT2D eigenvalue weighted by Gasteiger charge is -2.13. The van der Waals surface area contributed by atoms with Gasteiger partial charge in [0.25, 0.3) is 0 Å². The minimum absolute atomic E-state index is 0.0342. The van der Waals surface area contributed by atoms with Crippen LogP contribution in [0.15, 0.2) is 24.3 Å². The van der Waals surface area contributed by atoms with Gasteiger partial charge in [0.2, 0.25) is 5.91 Å². The van der Waals surface area contributed by atoms with Crippen molar-refractivity contribution in [1.82, 2.24) is 5.32 Å². The second-order valence-corrected chi connectivity index (χ2v) is 4.44. The van der Waals surface area contributed by atoms with Crippen molar-refractivity contribution in [3.63, 3.8) is 0 Å². The fourth-order valence-corrected chi connectivity index (χ4v) is 1.51. The molecule has 3 nitrogen and oxygen atoms in total. The van der Waals surface area contributed by atoms with E-state index in [0.29, 0.717) is 6.42 Å². The first kappa shape index (κ1) is 13.6. The van der Waals surface area contributed by atoms with Gasteiger partial charge in [0, 0.05) is 18.5 Å². The normalized spacial score (nSPS) is 12.5. The van der Waals surface area contributed by atoms with E-state index < -0.39 is 11.9 Å². The first-order valence-corrected chi connectivity index (χ1v) is 5.70. The molecule has 0 aliphatic carbocycles. The zero-order valence-corrected chi connectivity index (χ0v) is 10.1. The summed E-state index contributed by atoms with van der Waals surface area (Å²) in [6.07, 6.45) is -0.600. The zero-order chi connectivity index (χ0) is 12.8. The van der Waals surface area contributed by atoms with Crippen molar-refractivity contribution in [3.8, 4) is 0 Å². The van der Waals surface area contributed by atoms with E-state index in [9.17, 15) is 14.3 Å². The molecule has 17 heavy (non-hydrogen) atoms. The van der Waals surface area contributed by atoms with Crippen LogP contribution in [0.5, 0.6) is 0 Å². The van der Waals surface area contributed by atoms with Gasteiger partial charge in [-0.05, 0) is 12.0 Å². The Balaban J connectivity index is 2.48. The van der Waals surface area contributed by atoms with Crippen molar-refractivity contribution in [2.24, 2.45) is 5.92 Å². The number of nitrogens with one attached hydrogen (secondary N) is 1. The lowest BCUT2D eigenvalue weighted by molar-refractivity contribution is -0.122. The highest BCUT2D eigenvalue weighted by Crippen LogP contribution is 2.15. The largest absolute Gasteiger partial charge is 0.386 e. The number of aliphatic hydroxyl groups is 1. The summed E-state index contributed by atoms with van der Waals surface area (Å²) in [5.74, 6) is -0.325. The van der Waals surface area contributed by atoms with Gasteiger partial charge in [0.05, 0.1) is 6.10 Å². The van der Waals surface area contributed by atoms with Gasteiger partial charge in [-0.3, -0.25) is 4.79 Å². The van der Waals surface area contributed by atoms with E-state index >= 15 is 0 Å². The highest BCUT2D eigenvalue weighted by Gasteiger charge is 2.13. The van der Waals surface area contributed by atoms with Crippen LogP contribution in [-0.4, -0.2) is 17.6 Å². The summed E-state index contributed by atoms with van der Waals surface area (Å²) < 4.78 is 13.3. The van der Waals surface area contributed by atoms with Crippen LogP contribution >= 0.6 is 0 Å². The maximum absolute atomic E-state index is 13.3. The standard InChI is InChI=1S/C13H18FNO2/c1-9(2)7-13(17)15-8-12(16)10-5-3-4-6-11(10)14/h3-6,9,12,16H,7-8H2,1-2H3,(H,15,17)/t12-/m1/s1. The second kappa shape index (κ2) is 6.35. The summed E-state index contributed by atoms with van der Waals surface area (Å²) in [6.45, 7) is 3.91. The number of benzene rings is 1. The fourth-order valence-electron chi connectivity index (χ4n) is 1.51. The average Bonchev–Trinajstić information content (AvgIpc) is 2.25. The number of amides is 1. The number of hydrogen-bond acceptors (Lipinski definition) is 2. The molecule has 0 radical (unpaired) electrons. The summed E-state index contributed by atoms with van der Waals surface area (Å²) in [5, 5.41) is 12.3. The predicted octanol–water partition coefficient (Wildman–Crippen LogP) is 2.02. The van der Waals surface area contributed by atoms with Crippen LogP contribution in [0, 0.1) is 11.7 Å². The number of hydrogen-bond donors (Lipinski definition) is 2. The van der Waals surface area contributed by atoms with Crippen LogP contribution in [0.4, 0.5) is 4.39 Å². The third kappa shape index (κ3) is 4.53. The predicted molar refractivity (Wildman–Crippen MR) is 63.8 cm³/mol. The minimum Gasteiger partial charge on any atom is -0.386 e. The number of rotatable bonds is 5. The van der Waals surface area contributed by atoms with E-state index in [1.165, 1.54) is 12.1 Å². The maximum Gasteiger partial charge on any atom is 0.220 e. The lowest BCUT2D eigenvalue weighted by atomic mass is 10.1. The molecule has 0 aliphatic heterocycles. The van der Waals surface area contributed by atoms with Crippen LogP contribution in [0.25, 0.3) is 0 Å². The van der Waals surface area contributed by atoms with Crippen molar-refractivity contribution in [1.29, 1.82) is 0 Å². The molecule has 94 valence electrons. The molecule has 1 amide bonds. The van der Waals surface area contributed by atoms with Crippen molar-refractivity contribution < 1.29 is 14.3 Å². The van der Waals surface area contributed by atoms with E-state index in [-0.39, 0.29) is 23.9 Å². The van der Waals surface area contributed by atoms with Gasteiger partial charge in [-0.15, -0.1) is 0 Å². The van der Waals surface area contributed by atoms with Gasteiger partial charge in [0.1, 0.15) is 5.82 Å². The van der Waals surface area contributed by atoms with Gasteiger partial charge in [-0.2, -0.15) is 0 Å².